The Balaban J connectivity index is 1.80. The lowest BCUT2D eigenvalue weighted by Crippen LogP contribution is -2.42. The molecule has 1 atom stereocenters. The van der Waals surface area contributed by atoms with Gasteiger partial charge in [-0.2, -0.15) is 5.10 Å². The van der Waals surface area contributed by atoms with Crippen LogP contribution in [0.4, 0.5) is 5.69 Å². The van der Waals surface area contributed by atoms with E-state index in [0.29, 0.717) is 25.4 Å². The van der Waals surface area contributed by atoms with Gasteiger partial charge in [-0.15, -0.1) is 0 Å². The first-order valence-corrected chi connectivity index (χ1v) is 7.61. The highest BCUT2D eigenvalue weighted by atomic mass is 16.5. The number of aromatic nitrogens is 3. The molecule has 2 aromatic rings. The van der Waals surface area contributed by atoms with Crippen LogP contribution in [0, 0.1) is 6.92 Å². The second-order valence-electron chi connectivity index (χ2n) is 5.87. The van der Waals surface area contributed by atoms with Crippen molar-refractivity contribution in [3.8, 4) is 0 Å². The van der Waals surface area contributed by atoms with Crippen molar-refractivity contribution in [3.05, 3.63) is 41.5 Å². The maximum atomic E-state index is 12.5. The van der Waals surface area contributed by atoms with Crippen LogP contribution in [0.5, 0.6) is 0 Å². The summed E-state index contributed by atoms with van der Waals surface area (Å²) in [5.74, 6) is -0.0590. The van der Waals surface area contributed by atoms with E-state index in [1.165, 1.54) is 0 Å². The predicted molar refractivity (Wildman–Crippen MR) is 86.5 cm³/mol. The minimum atomic E-state index is -0.214. The fourth-order valence-electron chi connectivity index (χ4n) is 2.66. The Morgan fingerprint density at radius 2 is 2.26 bits per heavy atom. The van der Waals surface area contributed by atoms with Gasteiger partial charge in [0.15, 0.2) is 0 Å². The molecule has 0 radical (unpaired) electrons. The second kappa shape index (κ2) is 6.37. The van der Waals surface area contributed by atoms with E-state index in [1.54, 1.807) is 17.2 Å². The summed E-state index contributed by atoms with van der Waals surface area (Å²) < 4.78 is 5.85. The molecule has 3 rings (SSSR count). The van der Waals surface area contributed by atoms with Crippen LogP contribution in [-0.4, -0.2) is 59.8 Å². The number of anilines is 1. The number of rotatable bonds is 3. The average molecular weight is 315 g/mol. The summed E-state index contributed by atoms with van der Waals surface area (Å²) >= 11 is 0. The molecular weight excluding hydrogens is 294 g/mol. The number of pyridine rings is 1. The number of H-pyrrole nitrogens is 1. The highest BCUT2D eigenvalue weighted by molar-refractivity contribution is 5.92. The molecule has 1 aliphatic rings. The summed E-state index contributed by atoms with van der Waals surface area (Å²) in [5, 5.41) is 6.55. The van der Waals surface area contributed by atoms with Crippen LogP contribution in [0.1, 0.15) is 28.0 Å². The molecule has 0 aromatic carbocycles. The van der Waals surface area contributed by atoms with Crippen molar-refractivity contribution in [1.29, 1.82) is 0 Å². The first-order chi connectivity index (χ1) is 11.0. The lowest BCUT2D eigenvalue weighted by atomic mass is 10.1. The number of carbonyl (C=O) groups excluding carboxylic acids is 1. The molecule has 2 aromatic heterocycles. The van der Waals surface area contributed by atoms with Crippen LogP contribution in [0.2, 0.25) is 0 Å². The third-order valence-electron chi connectivity index (χ3n) is 3.89. The summed E-state index contributed by atoms with van der Waals surface area (Å²) in [5.41, 5.74) is 3.37. The largest absolute Gasteiger partial charge is 0.378 e. The van der Waals surface area contributed by atoms with Gasteiger partial charge in [0.05, 0.1) is 18.8 Å². The number of morpholine rings is 1. The highest BCUT2D eigenvalue weighted by Crippen LogP contribution is 2.25. The summed E-state index contributed by atoms with van der Waals surface area (Å²) in [6, 6.07) is 5.73. The van der Waals surface area contributed by atoms with Crippen LogP contribution >= 0.6 is 0 Å². The molecule has 1 aliphatic heterocycles. The third-order valence-corrected chi connectivity index (χ3v) is 3.89. The smallest absolute Gasteiger partial charge is 0.272 e. The lowest BCUT2D eigenvalue weighted by Gasteiger charge is -2.32. The van der Waals surface area contributed by atoms with E-state index in [1.807, 2.05) is 38.1 Å². The normalized spacial score (nSPS) is 18.0. The van der Waals surface area contributed by atoms with Crippen LogP contribution < -0.4 is 4.90 Å². The zero-order chi connectivity index (χ0) is 16.4. The molecule has 1 unspecified atom stereocenters. The standard InChI is InChI=1S/C16H21N5O2/c1-11-8-12(20(2)3)9-14(18-11)15-10-21(6-7-23-15)16(22)13-4-5-17-19-13/h4-5,8-9,15H,6-7,10H2,1-3H3,(H,17,19). The molecule has 1 fully saturated rings. The first-order valence-electron chi connectivity index (χ1n) is 7.61. The van der Waals surface area contributed by atoms with Gasteiger partial charge in [-0.1, -0.05) is 0 Å². The number of nitrogens with one attached hydrogen (secondary N) is 1. The zero-order valence-corrected chi connectivity index (χ0v) is 13.6. The minimum absolute atomic E-state index is 0.0590. The van der Waals surface area contributed by atoms with Crippen molar-refractivity contribution >= 4 is 11.6 Å². The molecule has 3 heterocycles. The molecule has 7 heteroatoms. The summed E-state index contributed by atoms with van der Waals surface area (Å²) in [7, 11) is 3.99. The van der Waals surface area contributed by atoms with Gasteiger partial charge in [-0.25, -0.2) is 0 Å². The molecule has 0 spiro atoms. The monoisotopic (exact) mass is 315 g/mol. The van der Waals surface area contributed by atoms with Crippen LogP contribution in [0.3, 0.4) is 0 Å². The summed E-state index contributed by atoms with van der Waals surface area (Å²) in [6.45, 7) is 3.52. The fraction of sp³-hybridized carbons (Fsp3) is 0.438. The quantitative estimate of drug-likeness (QED) is 0.926. The molecule has 1 saturated heterocycles. The van der Waals surface area contributed by atoms with E-state index in [9.17, 15) is 4.79 Å². The van der Waals surface area contributed by atoms with Crippen molar-refractivity contribution < 1.29 is 9.53 Å². The lowest BCUT2D eigenvalue weighted by molar-refractivity contribution is -0.0249. The van der Waals surface area contributed by atoms with Crippen molar-refractivity contribution in [2.24, 2.45) is 0 Å². The maximum absolute atomic E-state index is 12.5. The number of ether oxygens (including phenoxy) is 1. The molecular formula is C16H21N5O2. The van der Waals surface area contributed by atoms with E-state index < -0.39 is 0 Å². The first kappa shape index (κ1) is 15.5. The van der Waals surface area contributed by atoms with Crippen LogP contribution in [0.25, 0.3) is 0 Å². The van der Waals surface area contributed by atoms with Gasteiger partial charge >= 0.3 is 0 Å². The predicted octanol–water partition coefficient (Wildman–Crippen LogP) is 1.39. The van der Waals surface area contributed by atoms with Crippen molar-refractivity contribution in [2.75, 3.05) is 38.7 Å². The third kappa shape index (κ3) is 3.34. The van der Waals surface area contributed by atoms with Crippen LogP contribution in [-0.2, 0) is 4.74 Å². The molecule has 0 bridgehead atoms. The Hall–Kier alpha value is -2.41. The maximum Gasteiger partial charge on any atom is 0.272 e. The van der Waals surface area contributed by atoms with Crippen molar-refractivity contribution in [2.45, 2.75) is 13.0 Å². The topological polar surface area (TPSA) is 74.3 Å². The van der Waals surface area contributed by atoms with Gasteiger partial charge in [-0.05, 0) is 25.1 Å². The average Bonchev–Trinajstić information content (AvgIpc) is 3.08. The van der Waals surface area contributed by atoms with Crippen molar-refractivity contribution in [3.63, 3.8) is 0 Å². The molecule has 7 nitrogen and oxygen atoms in total. The zero-order valence-electron chi connectivity index (χ0n) is 13.6. The second-order valence-corrected chi connectivity index (χ2v) is 5.87. The SMILES string of the molecule is Cc1cc(N(C)C)cc(C2CN(C(=O)c3ccn[nH]3)CCO2)n1. The number of hydrogen-bond donors (Lipinski definition) is 1. The van der Waals surface area contributed by atoms with E-state index in [0.717, 1.165) is 17.1 Å². The number of amides is 1. The Bertz CT molecular complexity index is 684. The molecule has 0 aliphatic carbocycles. The van der Waals surface area contributed by atoms with Gasteiger partial charge < -0.3 is 14.5 Å². The Morgan fingerprint density at radius 3 is 2.96 bits per heavy atom. The molecule has 23 heavy (non-hydrogen) atoms. The van der Waals surface area contributed by atoms with E-state index in [2.05, 4.69) is 15.2 Å². The van der Waals surface area contributed by atoms with E-state index in [-0.39, 0.29) is 12.0 Å². The number of hydrogen-bond acceptors (Lipinski definition) is 5. The summed E-state index contributed by atoms with van der Waals surface area (Å²) in [4.78, 5) is 20.9. The van der Waals surface area contributed by atoms with Gasteiger partial charge in [0.2, 0.25) is 0 Å². The van der Waals surface area contributed by atoms with Crippen molar-refractivity contribution in [1.82, 2.24) is 20.1 Å². The molecule has 1 N–H and O–H groups in total. The fourth-order valence-corrected chi connectivity index (χ4v) is 2.66. The van der Waals surface area contributed by atoms with Gasteiger partial charge in [0.25, 0.3) is 5.91 Å². The van der Waals surface area contributed by atoms with Gasteiger partial charge in [0.1, 0.15) is 11.8 Å². The Morgan fingerprint density at radius 1 is 1.43 bits per heavy atom. The molecule has 1 amide bonds. The number of nitrogens with zero attached hydrogens (tertiary/aromatic N) is 4. The van der Waals surface area contributed by atoms with Gasteiger partial charge in [-0.3, -0.25) is 14.9 Å². The number of aromatic amines is 1. The Labute approximate surface area is 135 Å². The molecule has 0 saturated carbocycles. The minimum Gasteiger partial charge on any atom is -0.378 e. The van der Waals surface area contributed by atoms with E-state index >= 15 is 0 Å². The van der Waals surface area contributed by atoms with E-state index in [4.69, 9.17) is 4.74 Å². The highest BCUT2D eigenvalue weighted by Gasteiger charge is 2.28. The number of aryl methyl sites for hydroxylation is 1. The Kier molecular flexibility index (Phi) is 4.29. The summed E-state index contributed by atoms with van der Waals surface area (Å²) in [6.07, 6.45) is 1.37. The van der Waals surface area contributed by atoms with Gasteiger partial charge in [0, 0.05) is 38.2 Å². The molecule has 122 valence electrons. The number of carbonyl (C=O) groups is 1. The van der Waals surface area contributed by atoms with Crippen LogP contribution in [0.15, 0.2) is 24.4 Å².